The van der Waals surface area contributed by atoms with Gasteiger partial charge >= 0.3 is 0 Å². The molecule has 2 aromatic rings. The lowest BCUT2D eigenvalue weighted by Gasteiger charge is -2.04. The number of halogens is 1. The first-order valence-corrected chi connectivity index (χ1v) is 6.77. The number of pyridine rings is 1. The maximum atomic E-state index is 11.9. The van der Waals surface area contributed by atoms with Gasteiger partial charge in [0.1, 0.15) is 5.01 Å². The van der Waals surface area contributed by atoms with E-state index in [0.717, 1.165) is 17.1 Å². The highest BCUT2D eigenvalue weighted by atomic mass is 35.5. The summed E-state index contributed by atoms with van der Waals surface area (Å²) in [4.78, 5) is 20.1. The van der Waals surface area contributed by atoms with E-state index in [1.165, 1.54) is 6.20 Å². The lowest BCUT2D eigenvalue weighted by molar-refractivity contribution is 0.0951. The van der Waals surface area contributed by atoms with Crippen molar-refractivity contribution < 1.29 is 4.79 Å². The third kappa shape index (κ3) is 3.05. The van der Waals surface area contributed by atoms with Crippen LogP contribution in [0.25, 0.3) is 0 Å². The molecule has 0 atom stereocenters. The number of rotatable bonds is 4. The van der Waals surface area contributed by atoms with E-state index in [4.69, 9.17) is 11.6 Å². The lowest BCUT2D eigenvalue weighted by Crippen LogP contribution is -2.23. The van der Waals surface area contributed by atoms with Crippen LogP contribution in [0.2, 0.25) is 5.02 Å². The smallest absolute Gasteiger partial charge is 0.253 e. The fraction of sp³-hybridized carbons (Fsp3) is 0.250. The van der Waals surface area contributed by atoms with Crippen LogP contribution in [-0.4, -0.2) is 15.9 Å². The zero-order chi connectivity index (χ0) is 13.0. The fourth-order valence-electron chi connectivity index (χ4n) is 1.40. The third-order valence-electron chi connectivity index (χ3n) is 2.38. The van der Waals surface area contributed by atoms with Gasteiger partial charge in [-0.3, -0.25) is 9.78 Å². The molecule has 1 amide bonds. The van der Waals surface area contributed by atoms with Gasteiger partial charge in [-0.2, -0.15) is 0 Å². The zero-order valence-electron chi connectivity index (χ0n) is 9.81. The number of carbonyl (C=O) groups excluding carboxylic acids is 1. The van der Waals surface area contributed by atoms with E-state index in [2.05, 4.69) is 15.3 Å². The first-order valence-electron chi connectivity index (χ1n) is 5.51. The number of thiazole rings is 1. The lowest BCUT2D eigenvalue weighted by atomic mass is 10.2. The molecule has 18 heavy (non-hydrogen) atoms. The highest BCUT2D eigenvalue weighted by Gasteiger charge is 2.10. The van der Waals surface area contributed by atoms with Crippen LogP contribution in [0.4, 0.5) is 0 Å². The zero-order valence-corrected chi connectivity index (χ0v) is 11.4. The first kappa shape index (κ1) is 13.0. The van der Waals surface area contributed by atoms with E-state index >= 15 is 0 Å². The van der Waals surface area contributed by atoms with Gasteiger partial charge in [-0.25, -0.2) is 4.98 Å². The summed E-state index contributed by atoms with van der Waals surface area (Å²) >= 11 is 7.44. The van der Waals surface area contributed by atoms with Gasteiger partial charge in [0, 0.05) is 17.8 Å². The number of hydrogen-bond donors (Lipinski definition) is 1. The number of nitrogens with one attached hydrogen (secondary N) is 1. The van der Waals surface area contributed by atoms with Crippen LogP contribution in [-0.2, 0) is 13.0 Å². The van der Waals surface area contributed by atoms with Gasteiger partial charge in [0.05, 0.1) is 22.8 Å². The molecule has 0 radical (unpaired) electrons. The molecule has 0 aliphatic rings. The topological polar surface area (TPSA) is 54.9 Å². The van der Waals surface area contributed by atoms with Gasteiger partial charge in [0.25, 0.3) is 5.91 Å². The minimum atomic E-state index is -0.212. The molecule has 0 spiro atoms. The summed E-state index contributed by atoms with van der Waals surface area (Å²) in [5.41, 5.74) is 1.48. The number of aromatic nitrogens is 2. The molecule has 0 aromatic carbocycles. The van der Waals surface area contributed by atoms with Gasteiger partial charge < -0.3 is 5.32 Å². The maximum Gasteiger partial charge on any atom is 0.253 e. The summed E-state index contributed by atoms with van der Waals surface area (Å²) in [6, 6.07) is 1.59. The Bertz CT molecular complexity index is 556. The Morgan fingerprint density at radius 3 is 3.06 bits per heavy atom. The van der Waals surface area contributed by atoms with Crippen molar-refractivity contribution in [3.05, 3.63) is 45.1 Å². The summed E-state index contributed by atoms with van der Waals surface area (Å²) < 4.78 is 0. The van der Waals surface area contributed by atoms with Crippen LogP contribution in [0, 0.1) is 0 Å². The highest BCUT2D eigenvalue weighted by Crippen LogP contribution is 2.14. The van der Waals surface area contributed by atoms with Crippen LogP contribution in [0.3, 0.4) is 0 Å². The number of aryl methyl sites for hydroxylation is 1. The summed E-state index contributed by atoms with van der Waals surface area (Å²) in [6.45, 7) is 2.47. The summed E-state index contributed by atoms with van der Waals surface area (Å²) in [5.74, 6) is -0.212. The van der Waals surface area contributed by atoms with Crippen LogP contribution in [0.15, 0.2) is 23.8 Å². The van der Waals surface area contributed by atoms with Gasteiger partial charge in [-0.15, -0.1) is 11.3 Å². The second-order valence-electron chi connectivity index (χ2n) is 3.62. The van der Waals surface area contributed by atoms with Crippen LogP contribution >= 0.6 is 22.9 Å². The van der Waals surface area contributed by atoms with Crippen LogP contribution in [0.5, 0.6) is 0 Å². The summed E-state index contributed by atoms with van der Waals surface area (Å²) in [6.07, 6.45) is 3.90. The van der Waals surface area contributed by atoms with Crippen molar-refractivity contribution in [3.8, 4) is 0 Å². The van der Waals surface area contributed by atoms with E-state index in [1.807, 2.05) is 12.3 Å². The van der Waals surface area contributed by atoms with Gasteiger partial charge in [-0.1, -0.05) is 18.5 Å². The number of nitrogens with zero attached hydrogens (tertiary/aromatic N) is 2. The molecule has 0 saturated heterocycles. The second-order valence-corrected chi connectivity index (χ2v) is 4.97. The molecule has 0 unspecified atom stereocenters. The summed E-state index contributed by atoms with van der Waals surface area (Å²) in [5, 5.41) is 6.04. The molecule has 0 bridgehead atoms. The molecule has 6 heteroatoms. The number of amides is 1. The maximum absolute atomic E-state index is 11.9. The highest BCUT2D eigenvalue weighted by molar-refractivity contribution is 7.09. The quantitative estimate of drug-likeness (QED) is 0.937. The molecule has 4 nitrogen and oxygen atoms in total. The van der Waals surface area contributed by atoms with E-state index in [-0.39, 0.29) is 5.91 Å². The first-order chi connectivity index (χ1) is 8.70. The monoisotopic (exact) mass is 281 g/mol. The van der Waals surface area contributed by atoms with Crippen molar-refractivity contribution in [3.63, 3.8) is 0 Å². The Kier molecular flexibility index (Phi) is 4.28. The van der Waals surface area contributed by atoms with Gasteiger partial charge in [-0.05, 0) is 12.5 Å². The Morgan fingerprint density at radius 1 is 1.56 bits per heavy atom. The van der Waals surface area contributed by atoms with Crippen molar-refractivity contribution in [1.29, 1.82) is 0 Å². The normalized spacial score (nSPS) is 10.3. The number of hydrogen-bond acceptors (Lipinski definition) is 4. The molecular weight excluding hydrogens is 270 g/mol. The Morgan fingerprint density at radius 2 is 2.39 bits per heavy atom. The SMILES string of the molecule is CCc1csc(CNC(=O)c2ccncc2Cl)n1. The molecule has 0 aliphatic heterocycles. The number of carbonyl (C=O) groups is 1. The van der Waals surface area contributed by atoms with E-state index < -0.39 is 0 Å². The standard InChI is InChI=1S/C12H12ClN3OS/c1-2-8-7-18-11(16-8)6-15-12(17)9-3-4-14-5-10(9)13/h3-5,7H,2,6H2,1H3,(H,15,17). The molecule has 2 heterocycles. The fourth-order valence-corrected chi connectivity index (χ4v) is 2.43. The summed E-state index contributed by atoms with van der Waals surface area (Å²) in [7, 11) is 0. The van der Waals surface area contributed by atoms with E-state index in [9.17, 15) is 4.79 Å². The van der Waals surface area contributed by atoms with Gasteiger partial charge in [0.15, 0.2) is 0 Å². The molecule has 2 rings (SSSR count). The molecule has 2 aromatic heterocycles. The predicted octanol–water partition coefficient (Wildman–Crippen LogP) is 2.68. The van der Waals surface area contributed by atoms with Crippen molar-refractivity contribution in [2.24, 2.45) is 0 Å². The largest absolute Gasteiger partial charge is 0.345 e. The third-order valence-corrected chi connectivity index (χ3v) is 3.58. The van der Waals surface area contributed by atoms with Crippen LogP contribution in [0.1, 0.15) is 28.0 Å². The Hall–Kier alpha value is -1.46. The van der Waals surface area contributed by atoms with Gasteiger partial charge in [0.2, 0.25) is 0 Å². The molecule has 1 N–H and O–H groups in total. The van der Waals surface area contributed by atoms with E-state index in [0.29, 0.717) is 17.1 Å². The average molecular weight is 282 g/mol. The average Bonchev–Trinajstić information content (AvgIpc) is 2.84. The van der Waals surface area contributed by atoms with Crippen molar-refractivity contribution in [2.45, 2.75) is 19.9 Å². The minimum Gasteiger partial charge on any atom is -0.345 e. The second kappa shape index (κ2) is 5.93. The molecule has 0 fully saturated rings. The molecule has 0 aliphatic carbocycles. The molecule has 0 saturated carbocycles. The van der Waals surface area contributed by atoms with Crippen molar-refractivity contribution in [2.75, 3.05) is 0 Å². The Balaban J connectivity index is 1.98. The van der Waals surface area contributed by atoms with Crippen LogP contribution < -0.4 is 5.32 Å². The predicted molar refractivity (Wildman–Crippen MR) is 71.9 cm³/mol. The van der Waals surface area contributed by atoms with Crippen molar-refractivity contribution in [1.82, 2.24) is 15.3 Å². The van der Waals surface area contributed by atoms with E-state index in [1.54, 1.807) is 23.6 Å². The molecule has 94 valence electrons. The Labute approximate surface area is 114 Å². The molecular formula is C12H12ClN3OS. The minimum absolute atomic E-state index is 0.212. The van der Waals surface area contributed by atoms with Crippen molar-refractivity contribution >= 4 is 28.8 Å².